The van der Waals surface area contributed by atoms with Gasteiger partial charge in [-0.1, -0.05) is 26.2 Å². The van der Waals surface area contributed by atoms with Crippen LogP contribution in [0.2, 0.25) is 0 Å². The number of amides is 2. The minimum absolute atomic E-state index is 0.0368. The van der Waals surface area contributed by atoms with Crippen molar-refractivity contribution in [3.63, 3.8) is 0 Å². The lowest BCUT2D eigenvalue weighted by atomic mass is 9.88. The molecule has 3 rings (SSSR count). The van der Waals surface area contributed by atoms with Crippen LogP contribution in [0.5, 0.6) is 0 Å². The Kier molecular flexibility index (Phi) is 4.20. The summed E-state index contributed by atoms with van der Waals surface area (Å²) in [6.07, 6.45) is 6.30. The normalized spacial score (nSPS) is 29.3. The molecular formula is C16H26N2O3. The average Bonchev–Trinajstić information content (AvgIpc) is 2.86. The van der Waals surface area contributed by atoms with Gasteiger partial charge in [0.25, 0.3) is 0 Å². The minimum Gasteiger partial charge on any atom is -0.380 e. The van der Waals surface area contributed by atoms with Crippen molar-refractivity contribution in [2.75, 3.05) is 26.3 Å². The predicted octanol–water partition coefficient (Wildman–Crippen LogP) is 1.32. The molecule has 118 valence electrons. The topological polar surface area (TPSA) is 58.6 Å². The summed E-state index contributed by atoms with van der Waals surface area (Å²) in [5, 5.41) is 3.01. The lowest BCUT2D eigenvalue weighted by molar-refractivity contribution is -0.132. The number of likely N-dealkylation sites (tertiary alicyclic amines) is 1. The highest BCUT2D eigenvalue weighted by Gasteiger charge is 2.39. The average molecular weight is 294 g/mol. The van der Waals surface area contributed by atoms with E-state index in [1.807, 2.05) is 4.90 Å². The van der Waals surface area contributed by atoms with Gasteiger partial charge >= 0.3 is 0 Å². The Morgan fingerprint density at radius 1 is 1.33 bits per heavy atom. The second-order valence-electron chi connectivity index (χ2n) is 7.26. The molecule has 0 radical (unpaired) electrons. The van der Waals surface area contributed by atoms with Crippen molar-refractivity contribution in [2.24, 2.45) is 11.3 Å². The lowest BCUT2D eigenvalue weighted by Crippen LogP contribution is -2.49. The van der Waals surface area contributed by atoms with E-state index in [9.17, 15) is 9.59 Å². The Hall–Kier alpha value is -1.10. The zero-order valence-corrected chi connectivity index (χ0v) is 12.9. The maximum atomic E-state index is 12.3. The third kappa shape index (κ3) is 3.23. The van der Waals surface area contributed by atoms with Gasteiger partial charge in [-0.25, -0.2) is 0 Å². The van der Waals surface area contributed by atoms with E-state index in [-0.39, 0.29) is 23.1 Å². The second kappa shape index (κ2) is 5.95. The van der Waals surface area contributed by atoms with Crippen molar-refractivity contribution in [3.05, 3.63) is 0 Å². The number of rotatable bonds is 4. The Balaban J connectivity index is 1.50. The zero-order chi connectivity index (χ0) is 14.9. The summed E-state index contributed by atoms with van der Waals surface area (Å²) < 4.78 is 5.20. The first-order chi connectivity index (χ1) is 10.1. The molecule has 2 amide bonds. The van der Waals surface area contributed by atoms with E-state index in [4.69, 9.17) is 4.74 Å². The van der Waals surface area contributed by atoms with Crippen molar-refractivity contribution < 1.29 is 14.3 Å². The van der Waals surface area contributed by atoms with Crippen LogP contribution in [0.25, 0.3) is 0 Å². The summed E-state index contributed by atoms with van der Waals surface area (Å²) in [5.41, 5.74) is 0.0847. The van der Waals surface area contributed by atoms with E-state index in [0.717, 1.165) is 12.8 Å². The molecule has 5 heteroatoms. The van der Waals surface area contributed by atoms with Gasteiger partial charge in [0, 0.05) is 31.0 Å². The molecule has 1 atom stereocenters. The number of hydrogen-bond donors (Lipinski definition) is 1. The molecule has 2 heterocycles. The van der Waals surface area contributed by atoms with Crippen LogP contribution in [0.15, 0.2) is 0 Å². The third-order valence-electron chi connectivity index (χ3n) is 5.14. The minimum atomic E-state index is -0.163. The van der Waals surface area contributed by atoms with Crippen LogP contribution in [0.1, 0.15) is 45.4 Å². The molecule has 1 N–H and O–H groups in total. The first kappa shape index (κ1) is 14.8. The molecule has 0 unspecified atom stereocenters. The van der Waals surface area contributed by atoms with Gasteiger partial charge < -0.3 is 15.0 Å². The fourth-order valence-corrected chi connectivity index (χ4v) is 3.65. The fourth-order valence-electron chi connectivity index (χ4n) is 3.65. The van der Waals surface area contributed by atoms with Crippen LogP contribution in [-0.4, -0.2) is 49.1 Å². The van der Waals surface area contributed by atoms with Gasteiger partial charge in [-0.15, -0.1) is 0 Å². The van der Waals surface area contributed by atoms with Crippen molar-refractivity contribution in [1.82, 2.24) is 10.2 Å². The number of hydrogen-bond acceptors (Lipinski definition) is 3. The van der Waals surface area contributed by atoms with Crippen LogP contribution in [0.4, 0.5) is 0 Å². The highest BCUT2D eigenvalue weighted by Crippen LogP contribution is 2.29. The van der Waals surface area contributed by atoms with Crippen LogP contribution < -0.4 is 5.32 Å². The summed E-state index contributed by atoms with van der Waals surface area (Å²) in [6, 6.07) is 0.376. The van der Waals surface area contributed by atoms with Gasteiger partial charge in [-0.2, -0.15) is 0 Å². The molecule has 0 spiro atoms. The summed E-state index contributed by atoms with van der Waals surface area (Å²) in [7, 11) is 0. The highest BCUT2D eigenvalue weighted by molar-refractivity contribution is 5.89. The molecule has 1 saturated carbocycles. The monoisotopic (exact) mass is 294 g/mol. The molecule has 3 fully saturated rings. The largest absolute Gasteiger partial charge is 0.380 e. The first-order valence-electron chi connectivity index (χ1n) is 8.22. The molecule has 0 aromatic rings. The van der Waals surface area contributed by atoms with Gasteiger partial charge in [0.05, 0.1) is 19.1 Å². The van der Waals surface area contributed by atoms with Crippen LogP contribution in [0.3, 0.4) is 0 Å². The molecule has 0 aromatic carbocycles. The van der Waals surface area contributed by atoms with E-state index in [0.29, 0.717) is 38.8 Å². The molecule has 2 saturated heterocycles. The Bertz CT molecular complexity index is 414. The molecular weight excluding hydrogens is 268 g/mol. The standard InChI is InChI=1S/C16H26N2O3/c1-16(10-21-11-16)9-17-15(20)12-7-14(19)18(8-12)13-5-3-2-4-6-13/h12-13H,2-11H2,1H3,(H,17,20)/t12-/m0/s1. The predicted molar refractivity (Wildman–Crippen MR) is 78.6 cm³/mol. The molecule has 0 bridgehead atoms. The lowest BCUT2D eigenvalue weighted by Gasteiger charge is -2.38. The van der Waals surface area contributed by atoms with Crippen LogP contribution in [0, 0.1) is 11.3 Å². The second-order valence-corrected chi connectivity index (χ2v) is 7.26. The Morgan fingerprint density at radius 2 is 2.05 bits per heavy atom. The number of nitrogens with zero attached hydrogens (tertiary/aromatic N) is 1. The van der Waals surface area contributed by atoms with Crippen molar-refractivity contribution >= 4 is 11.8 Å². The summed E-state index contributed by atoms with van der Waals surface area (Å²) in [4.78, 5) is 26.4. The first-order valence-corrected chi connectivity index (χ1v) is 8.22. The molecule has 3 aliphatic rings. The van der Waals surface area contributed by atoms with Crippen LogP contribution in [-0.2, 0) is 14.3 Å². The van der Waals surface area contributed by atoms with E-state index in [2.05, 4.69) is 12.2 Å². The fraction of sp³-hybridized carbons (Fsp3) is 0.875. The van der Waals surface area contributed by atoms with Gasteiger partial charge in [-0.3, -0.25) is 9.59 Å². The number of ether oxygens (including phenoxy) is 1. The van der Waals surface area contributed by atoms with Gasteiger partial charge in [0.2, 0.25) is 11.8 Å². The van der Waals surface area contributed by atoms with Crippen LogP contribution >= 0.6 is 0 Å². The zero-order valence-electron chi connectivity index (χ0n) is 12.9. The maximum absolute atomic E-state index is 12.3. The van der Waals surface area contributed by atoms with E-state index < -0.39 is 0 Å². The molecule has 0 aromatic heterocycles. The quantitative estimate of drug-likeness (QED) is 0.851. The Labute approximate surface area is 126 Å². The summed E-state index contributed by atoms with van der Waals surface area (Å²) in [5.74, 6) is 0.0408. The van der Waals surface area contributed by atoms with Crippen molar-refractivity contribution in [3.8, 4) is 0 Å². The molecule has 5 nitrogen and oxygen atoms in total. The number of carbonyl (C=O) groups is 2. The number of carbonyl (C=O) groups excluding carboxylic acids is 2. The molecule has 21 heavy (non-hydrogen) atoms. The van der Waals surface area contributed by atoms with Gasteiger partial charge in [0.15, 0.2) is 0 Å². The smallest absolute Gasteiger partial charge is 0.225 e. The van der Waals surface area contributed by atoms with Crippen molar-refractivity contribution in [2.45, 2.75) is 51.5 Å². The van der Waals surface area contributed by atoms with E-state index in [1.54, 1.807) is 0 Å². The van der Waals surface area contributed by atoms with E-state index in [1.165, 1.54) is 19.3 Å². The van der Waals surface area contributed by atoms with Crippen molar-refractivity contribution in [1.29, 1.82) is 0 Å². The van der Waals surface area contributed by atoms with Gasteiger partial charge in [0.1, 0.15) is 0 Å². The maximum Gasteiger partial charge on any atom is 0.225 e. The summed E-state index contributed by atoms with van der Waals surface area (Å²) in [6.45, 7) is 4.81. The Morgan fingerprint density at radius 3 is 2.67 bits per heavy atom. The number of nitrogens with one attached hydrogen (secondary N) is 1. The third-order valence-corrected chi connectivity index (χ3v) is 5.14. The molecule has 1 aliphatic carbocycles. The highest BCUT2D eigenvalue weighted by atomic mass is 16.5. The summed E-state index contributed by atoms with van der Waals surface area (Å²) >= 11 is 0. The van der Waals surface area contributed by atoms with E-state index >= 15 is 0 Å². The molecule has 2 aliphatic heterocycles. The van der Waals surface area contributed by atoms with Gasteiger partial charge in [-0.05, 0) is 12.8 Å². The SMILES string of the molecule is CC1(CNC(=O)[C@H]2CC(=O)N(C3CCCCC3)C2)COC1.